The van der Waals surface area contributed by atoms with Crippen molar-refractivity contribution >= 4 is 34.4 Å². The molecule has 7 heteroatoms. The van der Waals surface area contributed by atoms with E-state index in [4.69, 9.17) is 0 Å². The van der Waals surface area contributed by atoms with Crippen LogP contribution in [0, 0.1) is 6.92 Å². The Bertz CT molecular complexity index is 660. The number of nitrogens with zero attached hydrogens (tertiary/aromatic N) is 1. The summed E-state index contributed by atoms with van der Waals surface area (Å²) in [6.07, 6.45) is 1.90. The third-order valence-corrected chi connectivity index (χ3v) is 4.81. The van der Waals surface area contributed by atoms with Gasteiger partial charge in [-0.25, -0.2) is 0 Å². The Labute approximate surface area is 153 Å². The number of carbonyl (C=O) groups is 2. The summed E-state index contributed by atoms with van der Waals surface area (Å²) in [4.78, 5) is 27.5. The SMILES string of the molecule is CC(=O)NCCCCNc1ccc(C(=O)NC2=NCC(C)S2)c(C)c1. The standard InChI is InChI=1S/C18H26N4O2S/c1-12-10-15(20-9-5-4-8-19-14(3)23)6-7-16(12)17(24)22-18-21-11-13(2)25-18/h6-7,10,13,20H,4-5,8-9,11H2,1-3H3,(H,19,23)(H,21,22,24). The Morgan fingerprint density at radius 2 is 2.04 bits per heavy atom. The van der Waals surface area contributed by atoms with Crippen LogP contribution < -0.4 is 16.0 Å². The molecular weight excluding hydrogens is 336 g/mol. The second-order valence-electron chi connectivity index (χ2n) is 6.17. The Hall–Kier alpha value is -2.02. The molecule has 0 aromatic heterocycles. The summed E-state index contributed by atoms with van der Waals surface area (Å²) >= 11 is 1.60. The number of carbonyl (C=O) groups excluding carboxylic acids is 2. The molecule has 1 atom stereocenters. The molecule has 2 amide bonds. The molecule has 1 aromatic carbocycles. The van der Waals surface area contributed by atoms with Gasteiger partial charge in [-0.2, -0.15) is 0 Å². The minimum atomic E-state index is -0.111. The van der Waals surface area contributed by atoms with Gasteiger partial charge in [0, 0.05) is 36.5 Å². The van der Waals surface area contributed by atoms with E-state index < -0.39 is 0 Å². The molecule has 0 radical (unpaired) electrons. The molecule has 1 heterocycles. The quantitative estimate of drug-likeness (QED) is 0.651. The third kappa shape index (κ3) is 6.42. The Morgan fingerprint density at radius 3 is 2.68 bits per heavy atom. The number of rotatable bonds is 7. The second-order valence-corrected chi connectivity index (χ2v) is 7.60. The Morgan fingerprint density at radius 1 is 1.28 bits per heavy atom. The van der Waals surface area contributed by atoms with Crippen LogP contribution in [0.3, 0.4) is 0 Å². The van der Waals surface area contributed by atoms with E-state index in [1.165, 1.54) is 6.92 Å². The van der Waals surface area contributed by atoms with Crippen LogP contribution in [0.15, 0.2) is 23.2 Å². The molecule has 1 aliphatic heterocycles. The highest BCUT2D eigenvalue weighted by Gasteiger charge is 2.18. The topological polar surface area (TPSA) is 82.6 Å². The molecule has 1 aromatic rings. The van der Waals surface area contributed by atoms with E-state index in [-0.39, 0.29) is 11.8 Å². The molecule has 0 bridgehead atoms. The van der Waals surface area contributed by atoms with E-state index in [9.17, 15) is 9.59 Å². The van der Waals surface area contributed by atoms with Crippen LogP contribution in [0.2, 0.25) is 0 Å². The molecule has 136 valence electrons. The van der Waals surface area contributed by atoms with Crippen LogP contribution in [0.25, 0.3) is 0 Å². The first-order valence-electron chi connectivity index (χ1n) is 8.57. The maximum absolute atomic E-state index is 12.4. The predicted octanol–water partition coefficient (Wildman–Crippen LogP) is 2.54. The average Bonchev–Trinajstić information content (AvgIpc) is 2.95. The lowest BCUT2D eigenvalue weighted by Gasteiger charge is -2.11. The zero-order chi connectivity index (χ0) is 18.2. The van der Waals surface area contributed by atoms with E-state index in [1.54, 1.807) is 11.8 Å². The van der Waals surface area contributed by atoms with Gasteiger partial charge < -0.3 is 16.0 Å². The minimum Gasteiger partial charge on any atom is -0.385 e. The maximum Gasteiger partial charge on any atom is 0.257 e. The molecule has 1 unspecified atom stereocenters. The summed E-state index contributed by atoms with van der Waals surface area (Å²) in [5.74, 6) is -0.103. The van der Waals surface area contributed by atoms with Gasteiger partial charge in [-0.05, 0) is 43.5 Å². The van der Waals surface area contributed by atoms with Crippen molar-refractivity contribution in [3.8, 4) is 0 Å². The van der Waals surface area contributed by atoms with Gasteiger partial charge in [-0.15, -0.1) is 0 Å². The van der Waals surface area contributed by atoms with Gasteiger partial charge in [0.15, 0.2) is 5.17 Å². The normalized spacial score (nSPS) is 16.3. The van der Waals surface area contributed by atoms with Crippen molar-refractivity contribution in [1.82, 2.24) is 10.6 Å². The van der Waals surface area contributed by atoms with E-state index in [0.717, 1.165) is 37.2 Å². The fraction of sp³-hybridized carbons (Fsp3) is 0.500. The zero-order valence-corrected chi connectivity index (χ0v) is 15.8. The number of nitrogens with one attached hydrogen (secondary N) is 3. The van der Waals surface area contributed by atoms with Gasteiger partial charge in [-0.3, -0.25) is 14.6 Å². The van der Waals surface area contributed by atoms with E-state index in [1.807, 2.05) is 25.1 Å². The van der Waals surface area contributed by atoms with Crippen molar-refractivity contribution in [2.45, 2.75) is 38.9 Å². The summed E-state index contributed by atoms with van der Waals surface area (Å²) in [5, 5.41) is 10.1. The molecule has 6 nitrogen and oxygen atoms in total. The summed E-state index contributed by atoms with van der Waals surface area (Å²) in [6.45, 7) is 7.84. The van der Waals surface area contributed by atoms with E-state index in [2.05, 4.69) is 27.9 Å². The number of thioether (sulfide) groups is 1. The highest BCUT2D eigenvalue weighted by atomic mass is 32.2. The molecule has 25 heavy (non-hydrogen) atoms. The smallest absolute Gasteiger partial charge is 0.257 e. The third-order valence-electron chi connectivity index (χ3n) is 3.80. The molecule has 0 saturated carbocycles. The molecule has 0 spiro atoms. The van der Waals surface area contributed by atoms with Crippen molar-refractivity contribution in [3.63, 3.8) is 0 Å². The van der Waals surface area contributed by atoms with Crippen molar-refractivity contribution in [3.05, 3.63) is 29.3 Å². The Kier molecular flexibility index (Phi) is 7.31. The maximum atomic E-state index is 12.4. The number of unbranched alkanes of at least 4 members (excludes halogenated alkanes) is 1. The number of aliphatic imine (C=N–C) groups is 1. The van der Waals surface area contributed by atoms with Crippen LogP contribution in [0.5, 0.6) is 0 Å². The van der Waals surface area contributed by atoms with Crippen LogP contribution in [0.1, 0.15) is 42.6 Å². The van der Waals surface area contributed by atoms with Gasteiger partial charge in [0.05, 0.1) is 6.54 Å². The van der Waals surface area contributed by atoms with Crippen molar-refractivity contribution in [2.24, 2.45) is 4.99 Å². The highest BCUT2D eigenvalue weighted by Crippen LogP contribution is 2.20. The molecule has 0 aliphatic carbocycles. The molecule has 1 aliphatic rings. The largest absolute Gasteiger partial charge is 0.385 e. The second kappa shape index (κ2) is 9.46. The lowest BCUT2D eigenvalue weighted by Crippen LogP contribution is -2.28. The molecule has 0 saturated heterocycles. The van der Waals surface area contributed by atoms with Crippen LogP contribution in [0.4, 0.5) is 5.69 Å². The van der Waals surface area contributed by atoms with Gasteiger partial charge in [0.1, 0.15) is 0 Å². The summed E-state index contributed by atoms with van der Waals surface area (Å²) in [6, 6.07) is 5.74. The van der Waals surface area contributed by atoms with Crippen molar-refractivity contribution < 1.29 is 9.59 Å². The first kappa shape index (κ1) is 19.3. The van der Waals surface area contributed by atoms with Crippen molar-refractivity contribution in [1.29, 1.82) is 0 Å². The number of amides is 2. The zero-order valence-electron chi connectivity index (χ0n) is 15.0. The number of anilines is 1. The van der Waals surface area contributed by atoms with Crippen molar-refractivity contribution in [2.75, 3.05) is 25.0 Å². The summed E-state index contributed by atoms with van der Waals surface area (Å²) in [7, 11) is 0. The Balaban J connectivity index is 1.79. The first-order valence-corrected chi connectivity index (χ1v) is 9.45. The van der Waals surface area contributed by atoms with Gasteiger partial charge in [0.2, 0.25) is 5.91 Å². The number of amidine groups is 1. The summed E-state index contributed by atoms with van der Waals surface area (Å²) < 4.78 is 0. The van der Waals surface area contributed by atoms with E-state index >= 15 is 0 Å². The molecule has 3 N–H and O–H groups in total. The van der Waals surface area contributed by atoms with Gasteiger partial charge >= 0.3 is 0 Å². The van der Waals surface area contributed by atoms with E-state index in [0.29, 0.717) is 22.5 Å². The number of hydrogen-bond donors (Lipinski definition) is 3. The number of hydrogen-bond acceptors (Lipinski definition) is 5. The minimum absolute atomic E-state index is 0.00822. The lowest BCUT2D eigenvalue weighted by atomic mass is 10.1. The van der Waals surface area contributed by atoms with Gasteiger partial charge in [0.25, 0.3) is 5.91 Å². The molecule has 2 rings (SSSR count). The average molecular weight is 362 g/mol. The highest BCUT2D eigenvalue weighted by molar-refractivity contribution is 8.14. The monoisotopic (exact) mass is 362 g/mol. The van der Waals surface area contributed by atoms with Crippen LogP contribution in [-0.2, 0) is 4.79 Å². The molecule has 0 fully saturated rings. The van der Waals surface area contributed by atoms with Crippen LogP contribution >= 0.6 is 11.8 Å². The number of benzene rings is 1. The predicted molar refractivity (Wildman–Crippen MR) is 104 cm³/mol. The first-order chi connectivity index (χ1) is 12.0. The van der Waals surface area contributed by atoms with Gasteiger partial charge in [-0.1, -0.05) is 18.7 Å². The lowest BCUT2D eigenvalue weighted by molar-refractivity contribution is -0.118. The number of aryl methyl sites for hydroxylation is 1. The fourth-order valence-corrected chi connectivity index (χ4v) is 3.32. The summed E-state index contributed by atoms with van der Waals surface area (Å²) in [5.41, 5.74) is 2.59. The van der Waals surface area contributed by atoms with Crippen LogP contribution in [-0.4, -0.2) is 41.9 Å². The molecular formula is C18H26N4O2S. The fourth-order valence-electron chi connectivity index (χ4n) is 2.49.